The first-order valence-electron chi connectivity index (χ1n) is 2.69. The molecule has 0 bridgehead atoms. The summed E-state index contributed by atoms with van der Waals surface area (Å²) in [6.45, 7) is 7.38. The third-order valence-corrected chi connectivity index (χ3v) is 0.674. The summed E-state index contributed by atoms with van der Waals surface area (Å²) in [4.78, 5) is 0. The Balaban J connectivity index is 3.50. The Morgan fingerprint density at radius 3 is 2.25 bits per heavy atom. The van der Waals surface area contributed by atoms with Crippen LogP contribution in [0.5, 0.6) is 0 Å². The topological polar surface area (TPSA) is 20.2 Å². The monoisotopic (exact) mass is 112 g/mol. The van der Waals surface area contributed by atoms with Gasteiger partial charge in [0.25, 0.3) is 0 Å². The predicted molar refractivity (Wildman–Crippen MR) is 35.7 cm³/mol. The highest BCUT2D eigenvalue weighted by Crippen LogP contribution is 1.95. The molecule has 0 aliphatic carbocycles. The average molecular weight is 112 g/mol. The second-order valence-electron chi connectivity index (χ2n) is 2.09. The van der Waals surface area contributed by atoms with Crippen molar-refractivity contribution in [3.05, 3.63) is 24.5 Å². The van der Waals surface area contributed by atoms with E-state index in [-0.39, 0.29) is 5.76 Å². The van der Waals surface area contributed by atoms with E-state index in [0.717, 1.165) is 0 Å². The molecule has 0 aliphatic rings. The average Bonchev–Trinajstić information content (AvgIpc) is 1.61. The van der Waals surface area contributed by atoms with Gasteiger partial charge in [-0.25, -0.2) is 0 Å². The van der Waals surface area contributed by atoms with Gasteiger partial charge in [0.15, 0.2) is 0 Å². The molecule has 0 amide bonds. The molecule has 8 heavy (non-hydrogen) atoms. The van der Waals surface area contributed by atoms with Gasteiger partial charge in [-0.3, -0.25) is 0 Å². The molecule has 0 fully saturated rings. The Morgan fingerprint density at radius 2 is 2.12 bits per heavy atom. The van der Waals surface area contributed by atoms with Crippen molar-refractivity contribution in [2.75, 3.05) is 0 Å². The van der Waals surface area contributed by atoms with Crippen LogP contribution in [-0.4, -0.2) is 5.11 Å². The highest BCUT2D eigenvalue weighted by molar-refractivity contribution is 5.05. The lowest BCUT2D eigenvalue weighted by Crippen LogP contribution is -1.77. The van der Waals surface area contributed by atoms with Gasteiger partial charge in [-0.05, 0) is 12.0 Å². The fourth-order valence-electron chi connectivity index (χ4n) is 0.304. The van der Waals surface area contributed by atoms with Crippen molar-refractivity contribution in [1.82, 2.24) is 0 Å². The predicted octanol–water partition coefficient (Wildman–Crippen LogP) is 2.27. The summed E-state index contributed by atoms with van der Waals surface area (Å²) < 4.78 is 0. The third kappa shape index (κ3) is 5.28. The zero-order chi connectivity index (χ0) is 6.57. The Labute approximate surface area is 50.3 Å². The van der Waals surface area contributed by atoms with E-state index in [1.54, 1.807) is 6.08 Å². The molecule has 0 saturated carbocycles. The van der Waals surface area contributed by atoms with Gasteiger partial charge in [-0.1, -0.05) is 26.5 Å². The largest absolute Gasteiger partial charge is 0.509 e. The van der Waals surface area contributed by atoms with Gasteiger partial charge in [-0.15, -0.1) is 0 Å². The maximum Gasteiger partial charge on any atom is 0.108 e. The van der Waals surface area contributed by atoms with Crippen LogP contribution < -0.4 is 0 Å². The summed E-state index contributed by atoms with van der Waals surface area (Å²) >= 11 is 0. The lowest BCUT2D eigenvalue weighted by atomic mass is 10.2. The lowest BCUT2D eigenvalue weighted by molar-refractivity contribution is 0.434. The molecule has 0 radical (unpaired) electrons. The number of hydrogen-bond acceptors (Lipinski definition) is 1. The van der Waals surface area contributed by atoms with Crippen LogP contribution in [0.1, 0.15) is 13.8 Å². The zero-order valence-electron chi connectivity index (χ0n) is 5.39. The van der Waals surface area contributed by atoms with Gasteiger partial charge in [0.05, 0.1) is 0 Å². The minimum Gasteiger partial charge on any atom is -0.509 e. The SMILES string of the molecule is C=C(O)C=CC(C)C. The van der Waals surface area contributed by atoms with Gasteiger partial charge in [0, 0.05) is 0 Å². The van der Waals surface area contributed by atoms with E-state index >= 15 is 0 Å². The molecule has 0 aliphatic heterocycles. The van der Waals surface area contributed by atoms with Gasteiger partial charge < -0.3 is 5.11 Å². The van der Waals surface area contributed by atoms with Crippen molar-refractivity contribution < 1.29 is 5.11 Å². The summed E-state index contributed by atoms with van der Waals surface area (Å²) in [6.07, 6.45) is 3.49. The van der Waals surface area contributed by atoms with Gasteiger partial charge in [-0.2, -0.15) is 0 Å². The number of aliphatic hydroxyl groups is 1. The van der Waals surface area contributed by atoms with Crippen LogP contribution in [0.4, 0.5) is 0 Å². The van der Waals surface area contributed by atoms with Crippen LogP contribution in [0.15, 0.2) is 24.5 Å². The molecule has 1 heteroatoms. The fraction of sp³-hybridized carbons (Fsp3) is 0.429. The number of aliphatic hydroxyl groups excluding tert-OH is 1. The molecule has 0 atom stereocenters. The molecule has 0 heterocycles. The second kappa shape index (κ2) is 3.30. The minimum absolute atomic E-state index is 0.124. The van der Waals surface area contributed by atoms with E-state index in [4.69, 9.17) is 5.11 Å². The summed E-state index contributed by atoms with van der Waals surface area (Å²) in [5.41, 5.74) is 0. The molecule has 0 spiro atoms. The van der Waals surface area contributed by atoms with Gasteiger partial charge in [0.2, 0.25) is 0 Å². The van der Waals surface area contributed by atoms with Crippen LogP contribution in [-0.2, 0) is 0 Å². The Hall–Kier alpha value is -0.720. The molecule has 46 valence electrons. The molecular formula is C7H12O. The second-order valence-corrected chi connectivity index (χ2v) is 2.09. The molecule has 1 N–H and O–H groups in total. The van der Waals surface area contributed by atoms with Crippen molar-refractivity contribution >= 4 is 0 Å². The summed E-state index contributed by atoms with van der Waals surface area (Å²) in [6, 6.07) is 0. The Morgan fingerprint density at radius 1 is 1.62 bits per heavy atom. The van der Waals surface area contributed by atoms with Crippen LogP contribution in [0, 0.1) is 5.92 Å². The first kappa shape index (κ1) is 7.28. The molecule has 0 aromatic carbocycles. The molecular weight excluding hydrogens is 100 g/mol. The summed E-state index contributed by atoms with van der Waals surface area (Å²) in [5, 5.41) is 8.52. The Bertz CT molecular complexity index is 101. The smallest absolute Gasteiger partial charge is 0.108 e. The van der Waals surface area contributed by atoms with Crippen LogP contribution in [0.3, 0.4) is 0 Å². The van der Waals surface area contributed by atoms with Crippen molar-refractivity contribution in [2.45, 2.75) is 13.8 Å². The molecule has 0 saturated heterocycles. The van der Waals surface area contributed by atoms with Crippen LogP contribution >= 0.6 is 0 Å². The van der Waals surface area contributed by atoms with E-state index in [2.05, 4.69) is 6.58 Å². The molecule has 0 aromatic heterocycles. The molecule has 0 rings (SSSR count). The quantitative estimate of drug-likeness (QED) is 0.429. The maximum absolute atomic E-state index is 8.52. The normalized spacial score (nSPS) is 10.9. The Kier molecular flexibility index (Phi) is 3.01. The van der Waals surface area contributed by atoms with Crippen molar-refractivity contribution in [3.8, 4) is 0 Å². The van der Waals surface area contributed by atoms with Gasteiger partial charge >= 0.3 is 0 Å². The fourth-order valence-corrected chi connectivity index (χ4v) is 0.304. The molecule has 0 unspecified atom stereocenters. The third-order valence-electron chi connectivity index (χ3n) is 0.674. The summed E-state index contributed by atoms with van der Waals surface area (Å²) in [5.74, 6) is 0.609. The molecule has 0 aromatic rings. The highest BCUT2D eigenvalue weighted by atomic mass is 16.3. The molecule has 1 nitrogen and oxygen atoms in total. The van der Waals surface area contributed by atoms with E-state index in [9.17, 15) is 0 Å². The number of hydrogen-bond donors (Lipinski definition) is 1. The van der Waals surface area contributed by atoms with E-state index in [1.165, 1.54) is 0 Å². The van der Waals surface area contributed by atoms with E-state index < -0.39 is 0 Å². The highest BCUT2D eigenvalue weighted by Gasteiger charge is 1.82. The van der Waals surface area contributed by atoms with Crippen LogP contribution in [0.2, 0.25) is 0 Å². The van der Waals surface area contributed by atoms with Gasteiger partial charge in [0.1, 0.15) is 5.76 Å². The van der Waals surface area contributed by atoms with E-state index in [1.807, 2.05) is 19.9 Å². The first-order valence-corrected chi connectivity index (χ1v) is 2.69. The number of rotatable bonds is 2. The van der Waals surface area contributed by atoms with Crippen molar-refractivity contribution in [2.24, 2.45) is 5.92 Å². The standard InChI is InChI=1S/C7H12O/c1-6(2)4-5-7(3)8/h4-6,8H,3H2,1-2H3. The summed E-state index contributed by atoms with van der Waals surface area (Å²) in [7, 11) is 0. The van der Waals surface area contributed by atoms with E-state index in [0.29, 0.717) is 5.92 Å². The van der Waals surface area contributed by atoms with Crippen molar-refractivity contribution in [3.63, 3.8) is 0 Å². The first-order chi connectivity index (χ1) is 3.63. The van der Waals surface area contributed by atoms with Crippen LogP contribution in [0.25, 0.3) is 0 Å². The van der Waals surface area contributed by atoms with Crippen molar-refractivity contribution in [1.29, 1.82) is 0 Å². The minimum atomic E-state index is 0.124. The lowest BCUT2D eigenvalue weighted by Gasteiger charge is -1.90. The number of allylic oxidation sites excluding steroid dienone is 2. The maximum atomic E-state index is 8.52. The zero-order valence-corrected chi connectivity index (χ0v) is 5.39.